The Labute approximate surface area is 71.8 Å². The van der Waals surface area contributed by atoms with Crippen molar-refractivity contribution < 1.29 is 14.7 Å². The molecule has 3 heteroatoms. The van der Waals surface area contributed by atoms with Crippen molar-refractivity contribution in [2.45, 2.75) is 32.6 Å². The van der Waals surface area contributed by atoms with Crippen molar-refractivity contribution >= 4 is 11.8 Å². The SMILES string of the molecule is CCC1CCC(=O)CC1C(=O)O. The first-order chi connectivity index (χ1) is 5.65. The first-order valence-corrected chi connectivity index (χ1v) is 4.39. The van der Waals surface area contributed by atoms with Gasteiger partial charge in [0, 0.05) is 12.8 Å². The summed E-state index contributed by atoms with van der Waals surface area (Å²) in [6.45, 7) is 1.98. The van der Waals surface area contributed by atoms with Crippen LogP contribution >= 0.6 is 0 Å². The minimum Gasteiger partial charge on any atom is -0.481 e. The van der Waals surface area contributed by atoms with E-state index in [1.54, 1.807) is 0 Å². The lowest BCUT2D eigenvalue weighted by Gasteiger charge is -2.26. The number of carbonyl (C=O) groups excluding carboxylic acids is 1. The third kappa shape index (κ3) is 1.84. The number of carboxylic acid groups (broad SMARTS) is 1. The largest absolute Gasteiger partial charge is 0.481 e. The van der Waals surface area contributed by atoms with Crippen molar-refractivity contribution in [3.8, 4) is 0 Å². The van der Waals surface area contributed by atoms with E-state index in [1.165, 1.54) is 0 Å². The molecular weight excluding hydrogens is 156 g/mol. The fourth-order valence-corrected chi connectivity index (χ4v) is 1.84. The van der Waals surface area contributed by atoms with Gasteiger partial charge >= 0.3 is 5.97 Å². The lowest BCUT2D eigenvalue weighted by Crippen LogP contribution is -2.30. The maximum Gasteiger partial charge on any atom is 0.307 e. The maximum atomic E-state index is 11.0. The molecule has 0 bridgehead atoms. The van der Waals surface area contributed by atoms with Crippen molar-refractivity contribution in [3.63, 3.8) is 0 Å². The van der Waals surface area contributed by atoms with Gasteiger partial charge in [-0.25, -0.2) is 0 Å². The van der Waals surface area contributed by atoms with E-state index < -0.39 is 11.9 Å². The second-order valence-electron chi connectivity index (χ2n) is 3.39. The molecule has 1 fully saturated rings. The maximum absolute atomic E-state index is 11.0. The molecule has 12 heavy (non-hydrogen) atoms. The lowest BCUT2D eigenvalue weighted by atomic mass is 9.77. The third-order valence-corrected chi connectivity index (χ3v) is 2.65. The lowest BCUT2D eigenvalue weighted by molar-refractivity contribution is -0.147. The summed E-state index contributed by atoms with van der Waals surface area (Å²) in [5, 5.41) is 8.81. The Kier molecular flexibility index (Phi) is 2.84. The van der Waals surface area contributed by atoms with Gasteiger partial charge in [-0.15, -0.1) is 0 Å². The second-order valence-corrected chi connectivity index (χ2v) is 3.39. The van der Waals surface area contributed by atoms with Gasteiger partial charge in [0.1, 0.15) is 5.78 Å². The van der Waals surface area contributed by atoms with Crippen LogP contribution in [-0.2, 0) is 9.59 Å². The molecule has 0 aromatic rings. The summed E-state index contributed by atoms with van der Waals surface area (Å²) in [7, 11) is 0. The zero-order chi connectivity index (χ0) is 9.14. The number of Topliss-reactive ketones (excluding diaryl/α,β-unsaturated/α-hetero) is 1. The molecule has 0 heterocycles. The molecule has 0 aromatic carbocycles. The van der Waals surface area contributed by atoms with Crippen LogP contribution in [0.5, 0.6) is 0 Å². The van der Waals surface area contributed by atoms with E-state index >= 15 is 0 Å². The molecule has 2 atom stereocenters. The molecule has 1 saturated carbocycles. The van der Waals surface area contributed by atoms with E-state index in [0.29, 0.717) is 6.42 Å². The highest BCUT2D eigenvalue weighted by Crippen LogP contribution is 2.30. The van der Waals surface area contributed by atoms with Gasteiger partial charge in [-0.3, -0.25) is 9.59 Å². The molecule has 0 radical (unpaired) electrons. The van der Waals surface area contributed by atoms with Crippen LogP contribution in [0.1, 0.15) is 32.6 Å². The summed E-state index contributed by atoms with van der Waals surface area (Å²) >= 11 is 0. The average Bonchev–Trinajstić information content (AvgIpc) is 2.04. The van der Waals surface area contributed by atoms with Gasteiger partial charge in [-0.2, -0.15) is 0 Å². The number of rotatable bonds is 2. The van der Waals surface area contributed by atoms with Crippen LogP contribution < -0.4 is 0 Å². The second kappa shape index (κ2) is 3.70. The van der Waals surface area contributed by atoms with Crippen molar-refractivity contribution in [2.75, 3.05) is 0 Å². The molecule has 0 amide bonds. The predicted octanol–water partition coefficient (Wildman–Crippen LogP) is 1.47. The molecule has 0 saturated heterocycles. The first-order valence-electron chi connectivity index (χ1n) is 4.39. The summed E-state index contributed by atoms with van der Waals surface area (Å²) in [5.41, 5.74) is 0. The summed E-state index contributed by atoms with van der Waals surface area (Å²) in [5.74, 6) is -0.918. The Hall–Kier alpha value is -0.860. The fraction of sp³-hybridized carbons (Fsp3) is 0.778. The van der Waals surface area contributed by atoms with Crippen LogP contribution in [0, 0.1) is 11.8 Å². The van der Waals surface area contributed by atoms with Crippen LogP contribution in [0.2, 0.25) is 0 Å². The highest BCUT2D eigenvalue weighted by molar-refractivity contribution is 5.85. The molecule has 1 aliphatic carbocycles. The normalized spacial score (nSPS) is 30.2. The van der Waals surface area contributed by atoms with E-state index in [4.69, 9.17) is 5.11 Å². The molecule has 1 rings (SSSR count). The highest BCUT2D eigenvalue weighted by atomic mass is 16.4. The molecule has 2 unspecified atom stereocenters. The topological polar surface area (TPSA) is 54.4 Å². The zero-order valence-corrected chi connectivity index (χ0v) is 7.25. The number of hydrogen-bond donors (Lipinski definition) is 1. The average molecular weight is 170 g/mol. The molecule has 1 aliphatic rings. The van der Waals surface area contributed by atoms with Gasteiger partial charge < -0.3 is 5.11 Å². The fourth-order valence-electron chi connectivity index (χ4n) is 1.84. The van der Waals surface area contributed by atoms with Gasteiger partial charge in [0.15, 0.2) is 0 Å². The van der Waals surface area contributed by atoms with Crippen LogP contribution in [0.25, 0.3) is 0 Å². The van der Waals surface area contributed by atoms with Crippen LogP contribution in [0.3, 0.4) is 0 Å². The highest BCUT2D eigenvalue weighted by Gasteiger charge is 2.32. The van der Waals surface area contributed by atoms with Crippen molar-refractivity contribution in [2.24, 2.45) is 11.8 Å². The quantitative estimate of drug-likeness (QED) is 0.682. The summed E-state index contributed by atoms with van der Waals surface area (Å²) in [4.78, 5) is 21.7. The Balaban J connectivity index is 2.64. The van der Waals surface area contributed by atoms with Gasteiger partial charge in [0.2, 0.25) is 0 Å². The number of carboxylic acids is 1. The monoisotopic (exact) mass is 170 g/mol. The van der Waals surface area contributed by atoms with E-state index in [2.05, 4.69) is 0 Å². The summed E-state index contributed by atoms with van der Waals surface area (Å²) < 4.78 is 0. The molecule has 3 nitrogen and oxygen atoms in total. The third-order valence-electron chi connectivity index (χ3n) is 2.65. The molecular formula is C9H14O3. The van der Waals surface area contributed by atoms with Crippen LogP contribution in [0.15, 0.2) is 0 Å². The Morgan fingerprint density at radius 1 is 1.67 bits per heavy atom. The van der Waals surface area contributed by atoms with Gasteiger partial charge in [0.25, 0.3) is 0 Å². The van der Waals surface area contributed by atoms with Gasteiger partial charge in [-0.1, -0.05) is 13.3 Å². The van der Waals surface area contributed by atoms with E-state index in [0.717, 1.165) is 12.8 Å². The number of carbonyl (C=O) groups is 2. The smallest absolute Gasteiger partial charge is 0.307 e. The van der Waals surface area contributed by atoms with Crippen molar-refractivity contribution in [3.05, 3.63) is 0 Å². The van der Waals surface area contributed by atoms with Gasteiger partial charge in [0.05, 0.1) is 5.92 Å². The van der Waals surface area contributed by atoms with Gasteiger partial charge in [-0.05, 0) is 12.3 Å². The number of hydrogen-bond acceptors (Lipinski definition) is 2. The minimum absolute atomic E-state index is 0.104. The minimum atomic E-state index is -0.810. The zero-order valence-electron chi connectivity index (χ0n) is 7.25. The predicted molar refractivity (Wildman–Crippen MR) is 43.8 cm³/mol. The standard InChI is InChI=1S/C9H14O3/c1-2-6-3-4-7(10)5-8(6)9(11)12/h6,8H,2-5H2,1H3,(H,11,12). The number of aliphatic carboxylic acids is 1. The van der Waals surface area contributed by atoms with Crippen molar-refractivity contribution in [1.29, 1.82) is 0 Å². The van der Waals surface area contributed by atoms with E-state index in [-0.39, 0.29) is 18.1 Å². The molecule has 0 aliphatic heterocycles. The molecule has 68 valence electrons. The molecule has 0 spiro atoms. The Morgan fingerprint density at radius 3 is 2.83 bits per heavy atom. The molecule has 0 aromatic heterocycles. The van der Waals surface area contributed by atoms with Crippen LogP contribution in [-0.4, -0.2) is 16.9 Å². The molecule has 1 N–H and O–H groups in total. The van der Waals surface area contributed by atoms with E-state index in [9.17, 15) is 9.59 Å². The van der Waals surface area contributed by atoms with Crippen molar-refractivity contribution in [1.82, 2.24) is 0 Å². The summed E-state index contributed by atoms with van der Waals surface area (Å²) in [6.07, 6.45) is 2.44. The Bertz CT molecular complexity index is 198. The first kappa shape index (κ1) is 9.23. The Morgan fingerprint density at radius 2 is 2.33 bits per heavy atom. The summed E-state index contributed by atoms with van der Waals surface area (Å²) in [6, 6.07) is 0. The number of ketones is 1. The van der Waals surface area contributed by atoms with Crippen LogP contribution in [0.4, 0.5) is 0 Å². The van der Waals surface area contributed by atoms with E-state index in [1.807, 2.05) is 6.92 Å².